The fourth-order valence-electron chi connectivity index (χ4n) is 1.60. The van der Waals surface area contributed by atoms with Gasteiger partial charge in [0.25, 0.3) is 0 Å². The lowest BCUT2D eigenvalue weighted by atomic mass is 10.0. The lowest BCUT2D eigenvalue weighted by molar-refractivity contribution is 1.25. The van der Waals surface area contributed by atoms with Gasteiger partial charge in [-0.1, -0.05) is 52.8 Å². The van der Waals surface area contributed by atoms with Gasteiger partial charge in [-0.15, -0.1) is 0 Å². The Morgan fingerprint density at radius 1 is 1.24 bits per heavy atom. The third-order valence-electron chi connectivity index (χ3n) is 2.29. The molecule has 0 spiro atoms. The summed E-state index contributed by atoms with van der Waals surface area (Å²) >= 11 is 6.15. The van der Waals surface area contributed by atoms with Crippen LogP contribution in [0.5, 0.6) is 0 Å². The van der Waals surface area contributed by atoms with Crippen molar-refractivity contribution < 1.29 is 0 Å². The number of azide groups is 1. The molecule has 2 aromatic rings. The van der Waals surface area contributed by atoms with Gasteiger partial charge in [-0.3, -0.25) is 0 Å². The van der Waals surface area contributed by atoms with Crippen LogP contribution in [-0.4, -0.2) is 6.54 Å². The zero-order valence-corrected chi connectivity index (χ0v) is 9.65. The van der Waals surface area contributed by atoms with Gasteiger partial charge in [-0.2, -0.15) is 0 Å². The van der Waals surface area contributed by atoms with Crippen LogP contribution in [0.1, 0.15) is 5.56 Å². The summed E-state index contributed by atoms with van der Waals surface area (Å²) in [6.45, 7) is 0.164. The third-order valence-corrected chi connectivity index (χ3v) is 2.60. The number of hydrogen-bond acceptors (Lipinski definition) is 1. The summed E-state index contributed by atoms with van der Waals surface area (Å²) < 4.78 is 0. The number of hydrogen-bond donors (Lipinski definition) is 0. The van der Waals surface area contributed by atoms with E-state index in [1.807, 2.05) is 36.4 Å². The minimum Gasteiger partial charge on any atom is -0.0919 e. The van der Waals surface area contributed by atoms with E-state index in [0.29, 0.717) is 5.02 Å². The summed E-state index contributed by atoms with van der Waals surface area (Å²) in [6.07, 6.45) is 0. The smallest absolute Gasteiger partial charge is 0.0880 e. The normalized spacial score (nSPS) is 9.24. The highest BCUT2D eigenvalue weighted by Crippen LogP contribution is 2.26. The molecule has 3 nitrogen and oxygen atoms in total. The van der Waals surface area contributed by atoms with Crippen LogP contribution in [0.15, 0.2) is 41.5 Å². The maximum absolute atomic E-state index is 8.15. The largest absolute Gasteiger partial charge is 0.0919 e. The van der Waals surface area contributed by atoms with Gasteiger partial charge < -0.3 is 0 Å². The first-order valence-electron chi connectivity index (χ1n) is 5.00. The van der Waals surface area contributed by atoms with E-state index in [9.17, 15) is 0 Å². The molecule has 82 valence electrons. The second-order valence-electron chi connectivity index (χ2n) is 3.33. The Morgan fingerprint density at radius 3 is 2.76 bits per heavy atom. The molecule has 0 amide bonds. The van der Waals surface area contributed by atoms with Crippen LogP contribution in [0.4, 0.5) is 0 Å². The Labute approximate surface area is 104 Å². The highest BCUT2D eigenvalue weighted by molar-refractivity contribution is 6.36. The Hall–Kier alpha value is -2.14. The summed E-state index contributed by atoms with van der Waals surface area (Å²) in [6, 6.07) is 11.5. The van der Waals surface area contributed by atoms with Gasteiger partial charge in [0.05, 0.1) is 6.54 Å². The van der Waals surface area contributed by atoms with Crippen molar-refractivity contribution in [2.24, 2.45) is 5.11 Å². The van der Waals surface area contributed by atoms with Crippen molar-refractivity contribution in [3.63, 3.8) is 0 Å². The SMILES string of the molecule is [N-]=[N+]=NCC#Cc1cccc2cccc(Cl)c12. The molecule has 2 aromatic carbocycles. The monoisotopic (exact) mass is 241 g/mol. The molecule has 4 heteroatoms. The molecular formula is C13H8ClN3. The zero-order chi connectivity index (χ0) is 12.1. The Bertz CT molecular complexity index is 656. The molecule has 0 N–H and O–H groups in total. The Morgan fingerprint density at radius 2 is 2.00 bits per heavy atom. The van der Waals surface area contributed by atoms with E-state index in [1.165, 1.54) is 0 Å². The lowest BCUT2D eigenvalue weighted by Gasteiger charge is -2.02. The maximum Gasteiger partial charge on any atom is 0.0880 e. The minimum atomic E-state index is 0.164. The molecule has 0 aliphatic rings. The first-order valence-corrected chi connectivity index (χ1v) is 5.37. The Kier molecular flexibility index (Phi) is 3.52. The van der Waals surface area contributed by atoms with Gasteiger partial charge >= 0.3 is 0 Å². The van der Waals surface area contributed by atoms with E-state index in [0.717, 1.165) is 16.3 Å². The summed E-state index contributed by atoms with van der Waals surface area (Å²) in [7, 11) is 0. The molecule has 0 radical (unpaired) electrons. The van der Waals surface area contributed by atoms with Gasteiger partial charge in [-0.25, -0.2) is 0 Å². The molecule has 0 aliphatic heterocycles. The van der Waals surface area contributed by atoms with Crippen LogP contribution in [-0.2, 0) is 0 Å². The van der Waals surface area contributed by atoms with Crippen molar-refractivity contribution in [3.05, 3.63) is 57.4 Å². The van der Waals surface area contributed by atoms with Gasteiger partial charge in [0.2, 0.25) is 0 Å². The fraction of sp³-hybridized carbons (Fsp3) is 0.0769. The number of rotatable bonds is 1. The fourth-order valence-corrected chi connectivity index (χ4v) is 1.88. The van der Waals surface area contributed by atoms with E-state index < -0.39 is 0 Å². The second kappa shape index (κ2) is 5.27. The zero-order valence-electron chi connectivity index (χ0n) is 8.89. The summed E-state index contributed by atoms with van der Waals surface area (Å²) in [4.78, 5) is 2.64. The van der Waals surface area contributed by atoms with E-state index in [1.54, 1.807) is 0 Å². The predicted octanol–water partition coefficient (Wildman–Crippen LogP) is 4.16. The standard InChI is InChI=1S/C13H8ClN3/c14-12-8-2-6-10-4-1-5-11(13(10)12)7-3-9-16-17-15/h1-2,4-6,8H,9H2. The first kappa shape index (κ1) is 11.3. The highest BCUT2D eigenvalue weighted by atomic mass is 35.5. The molecule has 0 unspecified atom stereocenters. The van der Waals surface area contributed by atoms with E-state index in [-0.39, 0.29) is 6.54 Å². The van der Waals surface area contributed by atoms with Gasteiger partial charge in [0.15, 0.2) is 0 Å². The predicted molar refractivity (Wildman–Crippen MR) is 69.8 cm³/mol. The molecule has 0 saturated heterocycles. The van der Waals surface area contributed by atoms with Crippen molar-refractivity contribution in [2.45, 2.75) is 0 Å². The van der Waals surface area contributed by atoms with Crippen LogP contribution < -0.4 is 0 Å². The number of benzene rings is 2. The minimum absolute atomic E-state index is 0.164. The lowest BCUT2D eigenvalue weighted by Crippen LogP contribution is -1.81. The molecule has 0 atom stereocenters. The molecule has 0 heterocycles. The molecule has 0 aliphatic carbocycles. The summed E-state index contributed by atoms with van der Waals surface area (Å²) in [5.74, 6) is 5.76. The quantitative estimate of drug-likeness (QED) is 0.312. The first-order chi connectivity index (χ1) is 8.33. The van der Waals surface area contributed by atoms with Crippen molar-refractivity contribution in [2.75, 3.05) is 6.54 Å². The summed E-state index contributed by atoms with van der Waals surface area (Å²) in [5.41, 5.74) is 9.00. The van der Waals surface area contributed by atoms with E-state index >= 15 is 0 Å². The highest BCUT2D eigenvalue weighted by Gasteiger charge is 2.01. The molecule has 17 heavy (non-hydrogen) atoms. The van der Waals surface area contributed by atoms with Gasteiger partial charge in [-0.05, 0) is 23.1 Å². The van der Waals surface area contributed by atoms with E-state index in [4.69, 9.17) is 17.1 Å². The number of halogens is 1. The van der Waals surface area contributed by atoms with Crippen LogP contribution in [0, 0.1) is 11.8 Å². The van der Waals surface area contributed by atoms with Crippen molar-refractivity contribution in [1.82, 2.24) is 0 Å². The van der Waals surface area contributed by atoms with Gasteiger partial charge in [0.1, 0.15) is 0 Å². The van der Waals surface area contributed by atoms with Crippen LogP contribution >= 0.6 is 11.6 Å². The van der Waals surface area contributed by atoms with Gasteiger partial charge in [0, 0.05) is 20.9 Å². The van der Waals surface area contributed by atoms with Crippen LogP contribution in [0.25, 0.3) is 21.2 Å². The molecular weight excluding hydrogens is 234 g/mol. The summed E-state index contributed by atoms with van der Waals surface area (Å²) in [5, 5.41) is 6.02. The van der Waals surface area contributed by atoms with Crippen molar-refractivity contribution >= 4 is 22.4 Å². The number of fused-ring (bicyclic) bond motifs is 1. The molecule has 0 saturated carbocycles. The maximum atomic E-state index is 8.15. The topological polar surface area (TPSA) is 48.8 Å². The van der Waals surface area contributed by atoms with E-state index in [2.05, 4.69) is 21.9 Å². The average molecular weight is 242 g/mol. The van der Waals surface area contributed by atoms with Crippen LogP contribution in [0.2, 0.25) is 5.02 Å². The molecule has 0 aromatic heterocycles. The van der Waals surface area contributed by atoms with Crippen molar-refractivity contribution in [3.8, 4) is 11.8 Å². The van der Waals surface area contributed by atoms with Crippen molar-refractivity contribution in [1.29, 1.82) is 0 Å². The molecule has 2 rings (SSSR count). The molecule has 0 fully saturated rings. The second-order valence-corrected chi connectivity index (χ2v) is 3.74. The number of nitrogens with zero attached hydrogens (tertiary/aromatic N) is 3. The molecule has 0 bridgehead atoms. The van der Waals surface area contributed by atoms with Crippen LogP contribution in [0.3, 0.4) is 0 Å². The Balaban J connectivity index is 2.53. The third kappa shape index (κ3) is 2.51. The average Bonchev–Trinajstić information content (AvgIpc) is 2.35.